The molecule has 18 heavy (non-hydrogen) atoms. The van der Waals surface area contributed by atoms with E-state index in [1.54, 1.807) is 28.4 Å². The van der Waals surface area contributed by atoms with E-state index in [4.69, 9.17) is 0 Å². The SMILES string of the molecule is Cn1cc(CC(O)c2cnc3ccsc3c2)cn1. The highest BCUT2D eigenvalue weighted by Crippen LogP contribution is 2.24. The van der Waals surface area contributed by atoms with Crippen LogP contribution in [0.2, 0.25) is 0 Å². The number of nitrogens with zero attached hydrogens (tertiary/aromatic N) is 3. The van der Waals surface area contributed by atoms with Gasteiger partial charge in [0.25, 0.3) is 0 Å². The summed E-state index contributed by atoms with van der Waals surface area (Å²) in [6.07, 6.45) is 5.47. The molecule has 0 aliphatic rings. The third-order valence-electron chi connectivity index (χ3n) is 2.90. The molecule has 0 spiro atoms. The fourth-order valence-electron chi connectivity index (χ4n) is 1.96. The smallest absolute Gasteiger partial charge is 0.0846 e. The zero-order valence-electron chi connectivity index (χ0n) is 9.95. The Morgan fingerprint density at radius 3 is 3.11 bits per heavy atom. The molecule has 3 aromatic heterocycles. The maximum absolute atomic E-state index is 10.2. The number of aromatic nitrogens is 3. The molecule has 0 amide bonds. The van der Waals surface area contributed by atoms with E-state index >= 15 is 0 Å². The molecule has 3 aromatic rings. The van der Waals surface area contributed by atoms with E-state index < -0.39 is 6.10 Å². The molecule has 1 atom stereocenters. The third-order valence-corrected chi connectivity index (χ3v) is 3.75. The van der Waals surface area contributed by atoms with Gasteiger partial charge in [-0.3, -0.25) is 9.67 Å². The van der Waals surface area contributed by atoms with Crippen LogP contribution in [0.3, 0.4) is 0 Å². The van der Waals surface area contributed by atoms with E-state index in [0.717, 1.165) is 21.3 Å². The third kappa shape index (κ3) is 2.14. The van der Waals surface area contributed by atoms with E-state index in [0.29, 0.717) is 6.42 Å². The summed E-state index contributed by atoms with van der Waals surface area (Å²) in [5.74, 6) is 0. The minimum atomic E-state index is -0.534. The van der Waals surface area contributed by atoms with E-state index in [-0.39, 0.29) is 0 Å². The monoisotopic (exact) mass is 259 g/mol. The lowest BCUT2D eigenvalue weighted by Gasteiger charge is -2.09. The number of hydrogen-bond acceptors (Lipinski definition) is 4. The molecule has 3 rings (SSSR count). The molecule has 3 heterocycles. The standard InChI is InChI=1S/C13H13N3OS/c1-16-8-9(6-15-16)4-12(17)10-5-13-11(14-7-10)2-3-18-13/h2-3,5-8,12,17H,4H2,1H3. The van der Waals surface area contributed by atoms with Crippen LogP contribution in [-0.2, 0) is 13.5 Å². The first-order valence-corrected chi connectivity index (χ1v) is 6.59. The molecule has 0 radical (unpaired) electrons. The Balaban J connectivity index is 1.84. The van der Waals surface area contributed by atoms with Gasteiger partial charge in [0.15, 0.2) is 0 Å². The van der Waals surface area contributed by atoms with Crippen LogP contribution in [-0.4, -0.2) is 19.9 Å². The molecule has 0 bridgehead atoms. The Bertz CT molecular complexity index is 673. The average molecular weight is 259 g/mol. The van der Waals surface area contributed by atoms with Crippen molar-refractivity contribution in [1.82, 2.24) is 14.8 Å². The minimum Gasteiger partial charge on any atom is -0.388 e. The lowest BCUT2D eigenvalue weighted by atomic mass is 10.1. The van der Waals surface area contributed by atoms with E-state index in [1.807, 2.05) is 30.8 Å². The first-order chi connectivity index (χ1) is 8.72. The summed E-state index contributed by atoms with van der Waals surface area (Å²) in [5, 5.41) is 16.3. The molecular formula is C13H13N3OS. The van der Waals surface area contributed by atoms with Crippen molar-refractivity contribution < 1.29 is 5.11 Å². The summed E-state index contributed by atoms with van der Waals surface area (Å²) >= 11 is 1.64. The summed E-state index contributed by atoms with van der Waals surface area (Å²) in [6.45, 7) is 0. The van der Waals surface area contributed by atoms with Crippen LogP contribution < -0.4 is 0 Å². The van der Waals surface area contributed by atoms with Gasteiger partial charge in [-0.25, -0.2) is 0 Å². The second-order valence-electron chi connectivity index (χ2n) is 4.31. The maximum atomic E-state index is 10.2. The zero-order valence-corrected chi connectivity index (χ0v) is 10.8. The predicted octanol–water partition coefficient (Wildman–Crippen LogP) is 2.31. The molecule has 1 N–H and O–H groups in total. The molecule has 5 heteroatoms. The van der Waals surface area contributed by atoms with Crippen molar-refractivity contribution in [3.8, 4) is 0 Å². The highest BCUT2D eigenvalue weighted by atomic mass is 32.1. The number of aryl methyl sites for hydroxylation is 1. The first kappa shape index (κ1) is 11.4. The molecule has 0 fully saturated rings. The fraction of sp³-hybridized carbons (Fsp3) is 0.231. The van der Waals surface area contributed by atoms with E-state index in [9.17, 15) is 5.11 Å². The van der Waals surface area contributed by atoms with Gasteiger partial charge >= 0.3 is 0 Å². The van der Waals surface area contributed by atoms with Crippen molar-refractivity contribution in [1.29, 1.82) is 0 Å². The van der Waals surface area contributed by atoms with Crippen LogP contribution >= 0.6 is 11.3 Å². The lowest BCUT2D eigenvalue weighted by molar-refractivity contribution is 0.178. The molecular weight excluding hydrogens is 246 g/mol. The molecule has 0 aliphatic carbocycles. The number of aliphatic hydroxyl groups excluding tert-OH is 1. The van der Waals surface area contributed by atoms with Crippen LogP contribution in [0.4, 0.5) is 0 Å². The zero-order chi connectivity index (χ0) is 12.5. The summed E-state index contributed by atoms with van der Waals surface area (Å²) in [7, 11) is 1.87. The molecule has 1 unspecified atom stereocenters. The number of pyridine rings is 1. The van der Waals surface area contributed by atoms with Crippen LogP contribution in [0, 0.1) is 0 Å². The van der Waals surface area contributed by atoms with Gasteiger partial charge in [-0.05, 0) is 23.1 Å². The van der Waals surface area contributed by atoms with Crippen LogP contribution in [0.15, 0.2) is 36.1 Å². The van der Waals surface area contributed by atoms with Crippen molar-refractivity contribution in [2.45, 2.75) is 12.5 Å². The van der Waals surface area contributed by atoms with Gasteiger partial charge in [0.2, 0.25) is 0 Å². The lowest BCUT2D eigenvalue weighted by Crippen LogP contribution is -2.01. The van der Waals surface area contributed by atoms with Gasteiger partial charge in [0.1, 0.15) is 0 Å². The maximum Gasteiger partial charge on any atom is 0.0846 e. The number of fused-ring (bicyclic) bond motifs is 1. The van der Waals surface area contributed by atoms with Crippen molar-refractivity contribution in [3.05, 3.63) is 47.2 Å². The Labute approximate surface area is 109 Å². The summed E-state index contributed by atoms with van der Waals surface area (Å²) in [4.78, 5) is 4.34. The Hall–Kier alpha value is -1.72. The number of hydrogen-bond donors (Lipinski definition) is 1. The highest BCUT2D eigenvalue weighted by Gasteiger charge is 2.11. The molecule has 0 saturated heterocycles. The molecule has 0 aliphatic heterocycles. The topological polar surface area (TPSA) is 50.9 Å². The van der Waals surface area contributed by atoms with Gasteiger partial charge in [-0.1, -0.05) is 0 Å². The fourth-order valence-corrected chi connectivity index (χ4v) is 2.75. The predicted molar refractivity (Wildman–Crippen MR) is 71.5 cm³/mol. The molecule has 0 aromatic carbocycles. The van der Waals surface area contributed by atoms with Crippen molar-refractivity contribution in [3.63, 3.8) is 0 Å². The van der Waals surface area contributed by atoms with Crippen LogP contribution in [0.1, 0.15) is 17.2 Å². The van der Waals surface area contributed by atoms with E-state index in [2.05, 4.69) is 10.1 Å². The van der Waals surface area contributed by atoms with Gasteiger partial charge in [-0.15, -0.1) is 11.3 Å². The second-order valence-corrected chi connectivity index (χ2v) is 5.26. The summed E-state index contributed by atoms with van der Waals surface area (Å²) in [5.41, 5.74) is 2.86. The Kier molecular flexibility index (Phi) is 2.85. The first-order valence-electron chi connectivity index (χ1n) is 5.71. The summed E-state index contributed by atoms with van der Waals surface area (Å²) < 4.78 is 2.85. The highest BCUT2D eigenvalue weighted by molar-refractivity contribution is 7.17. The normalized spacial score (nSPS) is 13.0. The Morgan fingerprint density at radius 2 is 2.33 bits per heavy atom. The van der Waals surface area contributed by atoms with Crippen LogP contribution in [0.5, 0.6) is 0 Å². The second kappa shape index (κ2) is 4.51. The quantitative estimate of drug-likeness (QED) is 0.785. The van der Waals surface area contributed by atoms with Crippen LogP contribution in [0.25, 0.3) is 10.2 Å². The van der Waals surface area contributed by atoms with E-state index in [1.165, 1.54) is 0 Å². The molecule has 4 nitrogen and oxygen atoms in total. The summed E-state index contributed by atoms with van der Waals surface area (Å²) in [6, 6.07) is 3.99. The Morgan fingerprint density at radius 1 is 1.44 bits per heavy atom. The van der Waals surface area contributed by atoms with Crippen molar-refractivity contribution in [2.75, 3.05) is 0 Å². The van der Waals surface area contributed by atoms with Crippen molar-refractivity contribution in [2.24, 2.45) is 7.05 Å². The van der Waals surface area contributed by atoms with Gasteiger partial charge < -0.3 is 5.11 Å². The number of thiophene rings is 1. The van der Waals surface area contributed by atoms with Crippen molar-refractivity contribution >= 4 is 21.6 Å². The number of aliphatic hydroxyl groups is 1. The average Bonchev–Trinajstić information content (AvgIpc) is 2.96. The number of rotatable bonds is 3. The van der Waals surface area contributed by atoms with Gasteiger partial charge in [0, 0.05) is 31.4 Å². The van der Waals surface area contributed by atoms with Gasteiger partial charge in [-0.2, -0.15) is 5.10 Å². The minimum absolute atomic E-state index is 0.534. The van der Waals surface area contributed by atoms with Gasteiger partial charge in [0.05, 0.1) is 22.5 Å². The molecule has 92 valence electrons. The molecule has 0 saturated carbocycles. The largest absolute Gasteiger partial charge is 0.388 e.